The van der Waals surface area contributed by atoms with Gasteiger partial charge in [0, 0.05) is 30.6 Å². The fraction of sp³-hybridized carbons (Fsp3) is 0.143. The molecule has 0 saturated carbocycles. The number of pyridine rings is 1. The maximum absolute atomic E-state index is 13.4. The van der Waals surface area contributed by atoms with E-state index in [0.717, 1.165) is 18.2 Å². The van der Waals surface area contributed by atoms with Crippen LogP contribution in [-0.4, -0.2) is 10.9 Å². The number of anilines is 3. The average molecular weight is 382 g/mol. The van der Waals surface area contributed by atoms with Gasteiger partial charge >= 0.3 is 0 Å². The second-order valence-electron chi connectivity index (χ2n) is 6.29. The molecule has 3 aromatic rings. The minimum Gasteiger partial charge on any atom is -0.380 e. The van der Waals surface area contributed by atoms with Crippen molar-refractivity contribution >= 4 is 23.1 Å². The summed E-state index contributed by atoms with van der Waals surface area (Å²) >= 11 is 0. The molecule has 0 saturated heterocycles. The predicted molar refractivity (Wildman–Crippen MR) is 106 cm³/mol. The summed E-state index contributed by atoms with van der Waals surface area (Å²) in [4.78, 5) is 15.9. The van der Waals surface area contributed by atoms with Crippen LogP contribution in [0.1, 0.15) is 28.4 Å². The van der Waals surface area contributed by atoms with Crippen LogP contribution >= 0.6 is 0 Å². The monoisotopic (exact) mass is 382 g/mol. The Morgan fingerprint density at radius 2 is 1.71 bits per heavy atom. The minimum atomic E-state index is -0.667. The molecule has 1 heterocycles. The number of rotatable bonds is 7. The highest BCUT2D eigenvalue weighted by molar-refractivity contribution is 5.98. The van der Waals surface area contributed by atoms with Gasteiger partial charge in [-0.1, -0.05) is 19.1 Å². The van der Waals surface area contributed by atoms with E-state index in [1.54, 1.807) is 6.07 Å². The molecule has 0 bridgehead atoms. The van der Waals surface area contributed by atoms with Gasteiger partial charge in [-0.05, 0) is 41.8 Å². The molecule has 7 heteroatoms. The lowest BCUT2D eigenvalue weighted by Crippen LogP contribution is -2.15. The quantitative estimate of drug-likeness (QED) is 0.567. The van der Waals surface area contributed by atoms with Gasteiger partial charge in [0.1, 0.15) is 17.5 Å². The fourth-order valence-corrected chi connectivity index (χ4v) is 2.75. The number of aromatic nitrogens is 1. The molecular weight excluding hydrogens is 362 g/mol. The molecule has 0 fully saturated rings. The van der Waals surface area contributed by atoms with Crippen molar-refractivity contribution in [3.63, 3.8) is 0 Å². The summed E-state index contributed by atoms with van der Waals surface area (Å²) in [5, 5.41) is 6.15. The van der Waals surface area contributed by atoms with Gasteiger partial charge in [0.25, 0.3) is 5.91 Å². The van der Waals surface area contributed by atoms with E-state index in [9.17, 15) is 13.6 Å². The van der Waals surface area contributed by atoms with Crippen molar-refractivity contribution in [2.45, 2.75) is 19.9 Å². The molecule has 1 aromatic heterocycles. The highest BCUT2D eigenvalue weighted by Gasteiger charge is 2.11. The Balaban J connectivity index is 1.81. The molecule has 4 N–H and O–H groups in total. The van der Waals surface area contributed by atoms with Crippen molar-refractivity contribution in [1.82, 2.24) is 4.98 Å². The lowest BCUT2D eigenvalue weighted by molar-refractivity contribution is 0.100. The van der Waals surface area contributed by atoms with Gasteiger partial charge in [-0.2, -0.15) is 0 Å². The molecule has 144 valence electrons. The summed E-state index contributed by atoms with van der Waals surface area (Å²) in [6, 6.07) is 12.8. The van der Waals surface area contributed by atoms with Crippen LogP contribution in [0.2, 0.25) is 0 Å². The lowest BCUT2D eigenvalue weighted by Gasteiger charge is -2.13. The molecule has 0 aliphatic rings. The Bertz CT molecular complexity index is 970. The number of benzene rings is 2. The van der Waals surface area contributed by atoms with E-state index in [4.69, 9.17) is 5.73 Å². The van der Waals surface area contributed by atoms with Gasteiger partial charge < -0.3 is 16.4 Å². The third-order valence-electron chi connectivity index (χ3n) is 4.21. The smallest absolute Gasteiger partial charge is 0.252 e. The van der Waals surface area contributed by atoms with Crippen LogP contribution in [0.3, 0.4) is 0 Å². The van der Waals surface area contributed by atoms with Crippen molar-refractivity contribution in [2.24, 2.45) is 5.73 Å². The zero-order valence-electron chi connectivity index (χ0n) is 15.3. The van der Waals surface area contributed by atoms with E-state index in [1.807, 2.05) is 24.3 Å². The van der Waals surface area contributed by atoms with Crippen LogP contribution in [0.4, 0.5) is 26.0 Å². The first kappa shape index (κ1) is 19.3. The molecule has 0 spiro atoms. The highest BCUT2D eigenvalue weighted by atomic mass is 19.1. The van der Waals surface area contributed by atoms with Gasteiger partial charge in [-0.3, -0.25) is 4.79 Å². The molecule has 0 unspecified atom stereocenters. The Morgan fingerprint density at radius 3 is 2.32 bits per heavy atom. The van der Waals surface area contributed by atoms with Crippen LogP contribution in [0.5, 0.6) is 0 Å². The van der Waals surface area contributed by atoms with Gasteiger partial charge in [0.15, 0.2) is 0 Å². The first-order chi connectivity index (χ1) is 13.4. The van der Waals surface area contributed by atoms with Gasteiger partial charge in [0.2, 0.25) is 0 Å². The van der Waals surface area contributed by atoms with Crippen LogP contribution in [0.25, 0.3) is 0 Å². The molecule has 5 nitrogen and oxygen atoms in total. The summed E-state index contributed by atoms with van der Waals surface area (Å²) in [6.45, 7) is 2.19. The van der Waals surface area contributed by atoms with Crippen LogP contribution in [0.15, 0.2) is 54.7 Å². The Morgan fingerprint density at radius 1 is 1.04 bits per heavy atom. The maximum atomic E-state index is 13.4. The lowest BCUT2D eigenvalue weighted by atomic mass is 10.1. The van der Waals surface area contributed by atoms with E-state index in [-0.39, 0.29) is 12.1 Å². The average Bonchev–Trinajstić information content (AvgIpc) is 2.66. The normalized spacial score (nSPS) is 10.5. The Labute approximate surface area is 161 Å². The van der Waals surface area contributed by atoms with Crippen molar-refractivity contribution in [2.75, 3.05) is 10.6 Å². The van der Waals surface area contributed by atoms with E-state index in [1.165, 1.54) is 23.9 Å². The van der Waals surface area contributed by atoms with E-state index < -0.39 is 17.5 Å². The SMILES string of the molecule is CCc1ccc(Nc2cc(NCc3cc(F)cc(F)c3)c(C(N)=O)cn2)cc1. The molecule has 28 heavy (non-hydrogen) atoms. The maximum Gasteiger partial charge on any atom is 0.252 e. The summed E-state index contributed by atoms with van der Waals surface area (Å²) in [6.07, 6.45) is 2.31. The number of halogens is 2. The molecule has 3 rings (SSSR count). The molecule has 2 aromatic carbocycles. The highest BCUT2D eigenvalue weighted by Crippen LogP contribution is 2.23. The van der Waals surface area contributed by atoms with Crippen LogP contribution in [-0.2, 0) is 13.0 Å². The van der Waals surface area contributed by atoms with E-state index in [2.05, 4.69) is 22.5 Å². The van der Waals surface area contributed by atoms with Gasteiger partial charge in [-0.25, -0.2) is 13.8 Å². The summed E-state index contributed by atoms with van der Waals surface area (Å²) in [5.74, 6) is -1.49. The molecule has 0 radical (unpaired) electrons. The number of nitrogens with one attached hydrogen (secondary N) is 2. The largest absolute Gasteiger partial charge is 0.380 e. The van der Waals surface area contributed by atoms with Gasteiger partial charge in [0.05, 0.1) is 11.3 Å². The number of hydrogen-bond acceptors (Lipinski definition) is 4. The number of nitrogens with two attached hydrogens (primary N) is 1. The molecule has 0 aliphatic heterocycles. The molecule has 1 amide bonds. The third kappa shape index (κ3) is 4.82. The molecular formula is C21H20F2N4O. The number of primary amides is 1. The first-order valence-corrected chi connectivity index (χ1v) is 8.79. The second kappa shape index (κ2) is 8.47. The number of carbonyl (C=O) groups excluding carboxylic acids is 1. The van der Waals surface area contributed by atoms with Crippen molar-refractivity contribution in [1.29, 1.82) is 0 Å². The van der Waals surface area contributed by atoms with Crippen LogP contribution < -0.4 is 16.4 Å². The molecule has 0 aliphatic carbocycles. The number of aryl methyl sites for hydroxylation is 1. The topological polar surface area (TPSA) is 80.0 Å². The first-order valence-electron chi connectivity index (χ1n) is 8.79. The zero-order chi connectivity index (χ0) is 20.1. The summed E-state index contributed by atoms with van der Waals surface area (Å²) < 4.78 is 26.7. The fourth-order valence-electron chi connectivity index (χ4n) is 2.75. The number of hydrogen-bond donors (Lipinski definition) is 3. The van der Waals surface area contributed by atoms with Gasteiger partial charge in [-0.15, -0.1) is 0 Å². The second-order valence-corrected chi connectivity index (χ2v) is 6.29. The Kier molecular flexibility index (Phi) is 5.84. The number of amides is 1. The number of nitrogens with zero attached hydrogens (tertiary/aromatic N) is 1. The van der Waals surface area contributed by atoms with Crippen molar-refractivity contribution in [3.05, 3.63) is 83.1 Å². The van der Waals surface area contributed by atoms with E-state index in [0.29, 0.717) is 17.1 Å². The summed E-state index contributed by atoms with van der Waals surface area (Å²) in [5.41, 5.74) is 8.46. The third-order valence-corrected chi connectivity index (χ3v) is 4.21. The zero-order valence-corrected chi connectivity index (χ0v) is 15.3. The minimum absolute atomic E-state index is 0.115. The van der Waals surface area contributed by atoms with Crippen molar-refractivity contribution in [3.8, 4) is 0 Å². The molecule has 0 atom stereocenters. The number of carbonyl (C=O) groups is 1. The van der Waals surface area contributed by atoms with Crippen molar-refractivity contribution < 1.29 is 13.6 Å². The van der Waals surface area contributed by atoms with E-state index >= 15 is 0 Å². The standard InChI is InChI=1S/C21H20F2N4O/c1-2-13-3-5-17(6-4-13)27-20-10-19(18(12-26-20)21(24)28)25-11-14-7-15(22)9-16(23)8-14/h3-10,12H,2,11H2,1H3,(H2,24,28)(H2,25,26,27). The van der Waals surface area contributed by atoms with Crippen LogP contribution in [0, 0.1) is 11.6 Å². The summed E-state index contributed by atoms with van der Waals surface area (Å²) in [7, 11) is 0. The Hall–Kier alpha value is -3.48. The predicted octanol–water partition coefficient (Wildman–Crippen LogP) is 4.38.